The Bertz CT molecular complexity index is 1550. The third kappa shape index (κ3) is 5.26. The van der Waals surface area contributed by atoms with E-state index in [2.05, 4.69) is 20.1 Å². The van der Waals surface area contributed by atoms with Crippen LogP contribution in [0.15, 0.2) is 48.9 Å². The Morgan fingerprint density at radius 2 is 1.72 bits per heavy atom. The van der Waals surface area contributed by atoms with E-state index in [9.17, 15) is 26.7 Å². The summed E-state index contributed by atoms with van der Waals surface area (Å²) in [6, 6.07) is 5.46. The summed E-state index contributed by atoms with van der Waals surface area (Å²) in [7, 11) is 1.28. The first kappa shape index (κ1) is 26.5. The van der Waals surface area contributed by atoms with Crippen molar-refractivity contribution >= 4 is 23.3 Å². The molecule has 0 unspecified atom stereocenters. The van der Waals surface area contributed by atoms with Gasteiger partial charge in [0.1, 0.15) is 28.8 Å². The summed E-state index contributed by atoms with van der Waals surface area (Å²) in [4.78, 5) is 29.3. The molecule has 202 valence electrons. The van der Waals surface area contributed by atoms with Crippen molar-refractivity contribution in [3.05, 3.63) is 77.0 Å². The van der Waals surface area contributed by atoms with Gasteiger partial charge in [-0.1, -0.05) is 11.6 Å². The fourth-order valence-corrected chi connectivity index (χ4v) is 4.48. The van der Waals surface area contributed by atoms with E-state index < -0.39 is 29.4 Å². The highest BCUT2D eigenvalue weighted by atomic mass is 35.5. The molecule has 8 nitrogen and oxygen atoms in total. The largest absolute Gasteiger partial charge is 0.435 e. The van der Waals surface area contributed by atoms with Crippen molar-refractivity contribution in [2.24, 2.45) is 7.05 Å². The molecule has 0 N–H and O–H groups in total. The predicted octanol–water partition coefficient (Wildman–Crippen LogP) is 4.85. The minimum atomic E-state index is -4.66. The molecule has 5 rings (SSSR count). The van der Waals surface area contributed by atoms with E-state index in [1.54, 1.807) is 6.07 Å². The lowest BCUT2D eigenvalue weighted by atomic mass is 10.0. The Hall–Kier alpha value is -4.13. The summed E-state index contributed by atoms with van der Waals surface area (Å²) in [6.45, 7) is 1.01. The van der Waals surface area contributed by atoms with Crippen molar-refractivity contribution in [3.8, 4) is 22.5 Å². The number of anilines is 1. The summed E-state index contributed by atoms with van der Waals surface area (Å²) in [6.07, 6.45) is -0.326. The maximum Gasteiger partial charge on any atom is 0.435 e. The Balaban J connectivity index is 1.41. The third-order valence-corrected chi connectivity index (χ3v) is 6.56. The van der Waals surface area contributed by atoms with Crippen LogP contribution in [0, 0.1) is 11.6 Å². The molecule has 14 heteroatoms. The average molecular weight is 564 g/mol. The monoisotopic (exact) mass is 563 g/mol. The molecule has 4 aromatic rings. The number of hydrogen-bond donors (Lipinski definition) is 0. The van der Waals surface area contributed by atoms with Gasteiger partial charge in [0.15, 0.2) is 5.69 Å². The number of aryl methyl sites for hydroxylation is 1. The average Bonchev–Trinajstić information content (AvgIpc) is 3.31. The van der Waals surface area contributed by atoms with Gasteiger partial charge in [-0.05, 0) is 18.2 Å². The first-order valence-corrected chi connectivity index (χ1v) is 12.0. The molecule has 1 amide bonds. The van der Waals surface area contributed by atoms with Gasteiger partial charge in [-0.25, -0.2) is 18.7 Å². The van der Waals surface area contributed by atoms with E-state index in [4.69, 9.17) is 11.6 Å². The molecular formula is C25H19ClF5N7O. The SMILES string of the molecule is Cn1nc(C(F)(F)F)cc1C(=O)N1CCN(c2cnc(-c3ccc(F)cc3F)c(-c3ccncc3Cl)n2)CC1. The van der Waals surface area contributed by atoms with Crippen LogP contribution in [0.4, 0.5) is 27.8 Å². The highest BCUT2D eigenvalue weighted by Crippen LogP contribution is 2.35. The molecule has 1 aromatic carbocycles. The molecular weight excluding hydrogens is 545 g/mol. The predicted molar refractivity (Wildman–Crippen MR) is 132 cm³/mol. The van der Waals surface area contributed by atoms with Crippen LogP contribution in [0.3, 0.4) is 0 Å². The number of aromatic nitrogens is 5. The fourth-order valence-electron chi connectivity index (χ4n) is 4.27. The van der Waals surface area contributed by atoms with Crippen molar-refractivity contribution in [1.82, 2.24) is 29.6 Å². The van der Waals surface area contributed by atoms with Crippen LogP contribution in [0.2, 0.25) is 5.02 Å². The van der Waals surface area contributed by atoms with Gasteiger partial charge < -0.3 is 9.80 Å². The topological polar surface area (TPSA) is 80.0 Å². The number of rotatable bonds is 4. The molecule has 4 heterocycles. The zero-order valence-corrected chi connectivity index (χ0v) is 21.0. The van der Waals surface area contributed by atoms with E-state index in [0.717, 1.165) is 22.9 Å². The smallest absolute Gasteiger partial charge is 0.352 e. The Morgan fingerprint density at radius 1 is 0.974 bits per heavy atom. The quantitative estimate of drug-likeness (QED) is 0.330. The number of alkyl halides is 3. The third-order valence-electron chi connectivity index (χ3n) is 6.25. The van der Waals surface area contributed by atoms with E-state index >= 15 is 0 Å². The van der Waals surface area contributed by atoms with Gasteiger partial charge in [0.05, 0.1) is 16.9 Å². The van der Waals surface area contributed by atoms with Crippen molar-refractivity contribution < 1.29 is 26.7 Å². The molecule has 3 aromatic heterocycles. The van der Waals surface area contributed by atoms with E-state index in [1.807, 2.05) is 4.90 Å². The second-order valence-corrected chi connectivity index (χ2v) is 9.13. The summed E-state index contributed by atoms with van der Waals surface area (Å²) in [5, 5.41) is 3.65. The Labute approximate surface area is 223 Å². The number of nitrogens with zero attached hydrogens (tertiary/aromatic N) is 7. The second-order valence-electron chi connectivity index (χ2n) is 8.72. The van der Waals surface area contributed by atoms with E-state index in [-0.39, 0.29) is 40.8 Å². The van der Waals surface area contributed by atoms with Crippen LogP contribution >= 0.6 is 11.6 Å². The minimum absolute atomic E-state index is 0.0307. The number of benzene rings is 1. The number of hydrogen-bond acceptors (Lipinski definition) is 6. The van der Waals surface area contributed by atoms with Crippen LogP contribution in [0.5, 0.6) is 0 Å². The molecule has 0 bridgehead atoms. The maximum absolute atomic E-state index is 14.7. The van der Waals surface area contributed by atoms with Crippen molar-refractivity contribution in [3.63, 3.8) is 0 Å². The van der Waals surface area contributed by atoms with Gasteiger partial charge in [0, 0.05) is 68.9 Å². The summed E-state index contributed by atoms with van der Waals surface area (Å²) < 4.78 is 68.2. The minimum Gasteiger partial charge on any atom is -0.352 e. The van der Waals surface area contributed by atoms with Gasteiger partial charge in [-0.15, -0.1) is 0 Å². The zero-order valence-electron chi connectivity index (χ0n) is 20.3. The molecule has 0 atom stereocenters. The number of pyridine rings is 1. The number of amides is 1. The molecule has 39 heavy (non-hydrogen) atoms. The molecule has 1 aliphatic rings. The van der Waals surface area contributed by atoms with Crippen LogP contribution in [0.1, 0.15) is 16.2 Å². The number of carbonyl (C=O) groups is 1. The first-order chi connectivity index (χ1) is 18.5. The van der Waals surface area contributed by atoms with Gasteiger partial charge in [0.2, 0.25) is 0 Å². The lowest BCUT2D eigenvalue weighted by Crippen LogP contribution is -2.49. The van der Waals surface area contributed by atoms with E-state index in [0.29, 0.717) is 24.5 Å². The van der Waals surface area contributed by atoms with Gasteiger partial charge >= 0.3 is 6.18 Å². The fraction of sp³-hybridized carbons (Fsp3) is 0.240. The van der Waals surface area contributed by atoms with Crippen LogP contribution in [-0.2, 0) is 13.2 Å². The second kappa shape index (κ2) is 10.2. The van der Waals surface area contributed by atoms with Gasteiger partial charge in [-0.3, -0.25) is 14.5 Å². The molecule has 1 aliphatic heterocycles. The van der Waals surface area contributed by atoms with Crippen molar-refractivity contribution in [2.75, 3.05) is 31.1 Å². The maximum atomic E-state index is 14.7. The molecule has 1 fully saturated rings. The number of carbonyl (C=O) groups excluding carboxylic acids is 1. The van der Waals surface area contributed by atoms with Crippen molar-refractivity contribution in [2.45, 2.75) is 6.18 Å². The van der Waals surface area contributed by atoms with Gasteiger partial charge in [0.25, 0.3) is 5.91 Å². The molecule has 0 aliphatic carbocycles. The normalized spacial score (nSPS) is 14.1. The lowest BCUT2D eigenvalue weighted by Gasteiger charge is -2.35. The van der Waals surface area contributed by atoms with Crippen LogP contribution in [0.25, 0.3) is 22.5 Å². The van der Waals surface area contributed by atoms with Crippen LogP contribution in [-0.4, -0.2) is 61.7 Å². The standard InChI is InChI=1S/C25H19ClF5N7O/c1-36-19(11-20(35-36)25(29,30)31)24(39)38-8-6-37(7-9-38)21-13-33-22(16-3-2-14(27)10-18(16)28)23(34-21)15-4-5-32-12-17(15)26/h2-5,10-13H,6-9H2,1H3. The summed E-state index contributed by atoms with van der Waals surface area (Å²) in [5.74, 6) is -1.72. The Kier molecular flexibility index (Phi) is 6.93. The molecule has 1 saturated heterocycles. The zero-order chi connectivity index (χ0) is 27.9. The number of halogens is 6. The molecule has 0 spiro atoms. The van der Waals surface area contributed by atoms with Gasteiger partial charge in [-0.2, -0.15) is 18.3 Å². The summed E-state index contributed by atoms with van der Waals surface area (Å²) in [5.41, 5.74) is -0.445. The van der Waals surface area contributed by atoms with E-state index in [1.165, 1.54) is 36.6 Å². The highest BCUT2D eigenvalue weighted by Gasteiger charge is 2.36. The molecule has 0 saturated carbocycles. The van der Waals surface area contributed by atoms with Crippen molar-refractivity contribution in [1.29, 1.82) is 0 Å². The molecule has 0 radical (unpaired) electrons. The number of piperazine rings is 1. The van der Waals surface area contributed by atoms with Crippen LogP contribution < -0.4 is 4.90 Å². The summed E-state index contributed by atoms with van der Waals surface area (Å²) >= 11 is 6.36. The Morgan fingerprint density at radius 3 is 2.36 bits per heavy atom. The lowest BCUT2D eigenvalue weighted by molar-refractivity contribution is -0.141. The highest BCUT2D eigenvalue weighted by molar-refractivity contribution is 6.33. The first-order valence-electron chi connectivity index (χ1n) is 11.6.